The number of anilines is 1. The fourth-order valence-electron chi connectivity index (χ4n) is 1.62. The summed E-state index contributed by atoms with van der Waals surface area (Å²) < 4.78 is 0. The molecule has 0 spiro atoms. The summed E-state index contributed by atoms with van der Waals surface area (Å²) in [6.45, 7) is 6.46. The van der Waals surface area contributed by atoms with Crippen molar-refractivity contribution in [3.63, 3.8) is 0 Å². The molecule has 0 saturated heterocycles. The van der Waals surface area contributed by atoms with Gasteiger partial charge in [0.05, 0.1) is 10.6 Å². The number of benzene rings is 1. The van der Waals surface area contributed by atoms with Crippen LogP contribution in [0.2, 0.25) is 5.02 Å². The van der Waals surface area contributed by atoms with Crippen LogP contribution in [0.5, 0.6) is 0 Å². The Labute approximate surface area is 102 Å². The Morgan fingerprint density at radius 3 is 2.44 bits per heavy atom. The van der Waals surface area contributed by atoms with Crippen molar-refractivity contribution < 1.29 is 4.79 Å². The van der Waals surface area contributed by atoms with E-state index in [-0.39, 0.29) is 0 Å². The molecule has 0 amide bonds. The molecule has 1 rings (SSSR count). The molecule has 0 radical (unpaired) electrons. The zero-order valence-electron chi connectivity index (χ0n) is 10.2. The molecule has 0 aromatic heterocycles. The maximum atomic E-state index is 11.0. The third-order valence-corrected chi connectivity index (χ3v) is 3.43. The third-order valence-electron chi connectivity index (χ3n) is 3.10. The van der Waals surface area contributed by atoms with E-state index >= 15 is 0 Å². The minimum Gasteiger partial charge on any atom is -0.371 e. The Morgan fingerprint density at radius 2 is 1.94 bits per heavy atom. The molecule has 0 saturated carbocycles. The topological polar surface area (TPSA) is 20.3 Å². The van der Waals surface area contributed by atoms with Crippen LogP contribution in [0.4, 0.5) is 5.69 Å². The Morgan fingerprint density at radius 1 is 1.31 bits per heavy atom. The quantitative estimate of drug-likeness (QED) is 0.748. The normalized spacial score (nSPS) is 12.6. The molecule has 0 bridgehead atoms. The highest BCUT2D eigenvalue weighted by atomic mass is 35.5. The van der Waals surface area contributed by atoms with Crippen LogP contribution in [0.1, 0.15) is 31.1 Å². The molecular weight excluding hydrogens is 222 g/mol. The second-order valence-electron chi connectivity index (χ2n) is 4.39. The van der Waals surface area contributed by atoms with Crippen LogP contribution in [0, 0.1) is 5.92 Å². The summed E-state index contributed by atoms with van der Waals surface area (Å²) in [5, 5.41) is 0.510. The number of hydrogen-bond acceptors (Lipinski definition) is 2. The second-order valence-corrected chi connectivity index (χ2v) is 4.79. The SMILES string of the molecule is CC(C)C(C)N(C)c1cccc(Cl)c1C=O. The minimum atomic E-state index is 0.358. The van der Waals surface area contributed by atoms with Gasteiger partial charge in [0.1, 0.15) is 0 Å². The lowest BCUT2D eigenvalue weighted by Crippen LogP contribution is -2.33. The number of carbonyl (C=O) groups is 1. The van der Waals surface area contributed by atoms with E-state index in [9.17, 15) is 4.79 Å². The Balaban J connectivity index is 3.12. The monoisotopic (exact) mass is 239 g/mol. The van der Waals surface area contributed by atoms with Gasteiger partial charge in [-0.05, 0) is 25.0 Å². The van der Waals surface area contributed by atoms with Gasteiger partial charge in [0.15, 0.2) is 6.29 Å². The number of halogens is 1. The van der Waals surface area contributed by atoms with Crippen molar-refractivity contribution in [3.8, 4) is 0 Å². The lowest BCUT2D eigenvalue weighted by molar-refractivity contribution is 0.112. The first-order chi connectivity index (χ1) is 7.49. The summed E-state index contributed by atoms with van der Waals surface area (Å²) in [6, 6.07) is 5.89. The molecule has 3 heteroatoms. The van der Waals surface area contributed by atoms with E-state index < -0.39 is 0 Å². The molecule has 0 aliphatic heterocycles. The Kier molecular flexibility index (Phi) is 4.36. The fourth-order valence-corrected chi connectivity index (χ4v) is 1.83. The molecule has 1 aromatic rings. The molecule has 88 valence electrons. The standard InChI is InChI=1S/C13H18ClNO/c1-9(2)10(3)15(4)13-7-5-6-12(14)11(13)8-16/h5-10H,1-4H3. The molecule has 1 aromatic carbocycles. The largest absolute Gasteiger partial charge is 0.371 e. The molecule has 1 atom stereocenters. The van der Waals surface area contributed by atoms with Crippen LogP contribution in [0.15, 0.2) is 18.2 Å². The average molecular weight is 240 g/mol. The van der Waals surface area contributed by atoms with E-state index in [1.165, 1.54) is 0 Å². The van der Waals surface area contributed by atoms with Crippen molar-refractivity contribution in [2.24, 2.45) is 5.92 Å². The highest BCUT2D eigenvalue weighted by molar-refractivity contribution is 6.33. The van der Waals surface area contributed by atoms with E-state index in [0.29, 0.717) is 22.5 Å². The summed E-state index contributed by atoms with van der Waals surface area (Å²) in [5.74, 6) is 0.517. The smallest absolute Gasteiger partial charge is 0.153 e. The zero-order valence-corrected chi connectivity index (χ0v) is 11.0. The first kappa shape index (κ1) is 13.0. The molecule has 0 heterocycles. The first-order valence-electron chi connectivity index (χ1n) is 5.45. The maximum absolute atomic E-state index is 11.0. The second kappa shape index (κ2) is 5.35. The van der Waals surface area contributed by atoms with Crippen LogP contribution in [-0.4, -0.2) is 19.4 Å². The molecule has 0 fully saturated rings. The van der Waals surface area contributed by atoms with Crippen LogP contribution < -0.4 is 4.90 Å². The average Bonchev–Trinajstić information content (AvgIpc) is 2.26. The van der Waals surface area contributed by atoms with Crippen molar-refractivity contribution in [1.29, 1.82) is 0 Å². The lowest BCUT2D eigenvalue weighted by atomic mass is 10.0. The van der Waals surface area contributed by atoms with Crippen molar-refractivity contribution in [2.75, 3.05) is 11.9 Å². The molecule has 2 nitrogen and oxygen atoms in total. The Bertz CT molecular complexity index is 376. The van der Waals surface area contributed by atoms with E-state index in [0.717, 1.165) is 12.0 Å². The van der Waals surface area contributed by atoms with Crippen LogP contribution in [0.25, 0.3) is 0 Å². The van der Waals surface area contributed by atoms with Gasteiger partial charge in [-0.1, -0.05) is 31.5 Å². The number of rotatable bonds is 4. The van der Waals surface area contributed by atoms with Gasteiger partial charge in [0, 0.05) is 18.8 Å². The van der Waals surface area contributed by atoms with E-state index in [4.69, 9.17) is 11.6 Å². The number of nitrogens with zero attached hydrogens (tertiary/aromatic N) is 1. The first-order valence-corrected chi connectivity index (χ1v) is 5.83. The summed E-state index contributed by atoms with van der Waals surface area (Å²) >= 11 is 6.00. The number of carbonyl (C=O) groups excluding carboxylic acids is 1. The van der Waals surface area contributed by atoms with E-state index in [2.05, 4.69) is 25.7 Å². The van der Waals surface area contributed by atoms with Gasteiger partial charge in [0.25, 0.3) is 0 Å². The van der Waals surface area contributed by atoms with Crippen LogP contribution in [-0.2, 0) is 0 Å². The van der Waals surface area contributed by atoms with Crippen molar-refractivity contribution in [2.45, 2.75) is 26.8 Å². The molecule has 0 aliphatic carbocycles. The van der Waals surface area contributed by atoms with Gasteiger partial charge in [-0.2, -0.15) is 0 Å². The van der Waals surface area contributed by atoms with Gasteiger partial charge >= 0.3 is 0 Å². The van der Waals surface area contributed by atoms with Gasteiger partial charge in [-0.25, -0.2) is 0 Å². The van der Waals surface area contributed by atoms with Crippen LogP contribution in [0.3, 0.4) is 0 Å². The summed E-state index contributed by atoms with van der Waals surface area (Å²) in [4.78, 5) is 13.1. The Hall–Kier alpha value is -1.02. The molecule has 1 unspecified atom stereocenters. The van der Waals surface area contributed by atoms with Gasteiger partial charge in [0.2, 0.25) is 0 Å². The van der Waals surface area contributed by atoms with Crippen LogP contribution >= 0.6 is 11.6 Å². The number of hydrogen-bond donors (Lipinski definition) is 0. The lowest BCUT2D eigenvalue weighted by Gasteiger charge is -2.31. The van der Waals surface area contributed by atoms with E-state index in [1.807, 2.05) is 19.2 Å². The molecule has 0 aliphatic rings. The summed E-state index contributed by atoms with van der Waals surface area (Å²) in [5.41, 5.74) is 1.46. The van der Waals surface area contributed by atoms with Gasteiger partial charge < -0.3 is 4.90 Å². The summed E-state index contributed by atoms with van der Waals surface area (Å²) in [7, 11) is 1.99. The number of aldehydes is 1. The van der Waals surface area contributed by atoms with Crippen molar-refractivity contribution >= 4 is 23.6 Å². The maximum Gasteiger partial charge on any atom is 0.153 e. The molecule has 0 N–H and O–H groups in total. The molecular formula is C13H18ClNO. The summed E-state index contributed by atoms with van der Waals surface area (Å²) in [6.07, 6.45) is 0.821. The highest BCUT2D eigenvalue weighted by Gasteiger charge is 2.17. The predicted molar refractivity (Wildman–Crippen MR) is 69.5 cm³/mol. The van der Waals surface area contributed by atoms with Gasteiger partial charge in [-0.3, -0.25) is 4.79 Å². The third kappa shape index (κ3) is 2.56. The zero-order chi connectivity index (χ0) is 12.3. The fraction of sp³-hybridized carbons (Fsp3) is 0.462. The highest BCUT2D eigenvalue weighted by Crippen LogP contribution is 2.27. The molecule has 16 heavy (non-hydrogen) atoms. The predicted octanol–water partition coefficient (Wildman–Crippen LogP) is 3.63. The van der Waals surface area contributed by atoms with Gasteiger partial charge in [-0.15, -0.1) is 0 Å². The minimum absolute atomic E-state index is 0.358. The van der Waals surface area contributed by atoms with Crippen molar-refractivity contribution in [3.05, 3.63) is 28.8 Å². The van der Waals surface area contributed by atoms with Crippen molar-refractivity contribution in [1.82, 2.24) is 0 Å². The van der Waals surface area contributed by atoms with E-state index in [1.54, 1.807) is 6.07 Å².